The number of fused-ring (bicyclic) bond motifs is 1. The lowest BCUT2D eigenvalue weighted by atomic mass is 10.1. The first-order valence-corrected chi connectivity index (χ1v) is 6.20. The molecule has 0 saturated carbocycles. The fourth-order valence-electron chi connectivity index (χ4n) is 2.31. The summed E-state index contributed by atoms with van der Waals surface area (Å²) in [6.45, 7) is 1.46. The molecule has 1 aliphatic heterocycles. The van der Waals surface area contributed by atoms with Gasteiger partial charge >= 0.3 is 0 Å². The van der Waals surface area contributed by atoms with E-state index in [1.165, 1.54) is 5.56 Å². The van der Waals surface area contributed by atoms with Gasteiger partial charge in [-0.05, 0) is 30.7 Å². The summed E-state index contributed by atoms with van der Waals surface area (Å²) in [5.74, 6) is 0.143. The van der Waals surface area contributed by atoms with Crippen LogP contribution in [0.2, 0.25) is 0 Å². The predicted molar refractivity (Wildman–Crippen MR) is 70.1 cm³/mol. The number of carbonyl (C=O) groups is 1. The Kier molecular flexibility index (Phi) is 3.96. The number of nitrogens with zero attached hydrogens (tertiary/aromatic N) is 2. The van der Waals surface area contributed by atoms with Crippen molar-refractivity contribution in [1.82, 2.24) is 5.32 Å². The van der Waals surface area contributed by atoms with Crippen molar-refractivity contribution in [3.05, 3.63) is 29.3 Å². The van der Waals surface area contributed by atoms with Gasteiger partial charge in [0, 0.05) is 25.2 Å². The van der Waals surface area contributed by atoms with Crippen LogP contribution < -0.4 is 10.2 Å². The van der Waals surface area contributed by atoms with Crippen molar-refractivity contribution in [2.24, 2.45) is 0 Å². The molecule has 0 saturated heterocycles. The first kappa shape index (κ1) is 12.6. The lowest BCUT2D eigenvalue weighted by Gasteiger charge is -2.16. The van der Waals surface area contributed by atoms with Crippen molar-refractivity contribution >= 4 is 11.6 Å². The van der Waals surface area contributed by atoms with E-state index in [9.17, 15) is 4.79 Å². The molecular formula is C14H17N3O. The SMILES string of the molecule is CNCc1ccc2c(c1)CC(=O)N2CCCC#N. The van der Waals surface area contributed by atoms with Crippen molar-refractivity contribution in [2.75, 3.05) is 18.5 Å². The third kappa shape index (κ3) is 2.52. The van der Waals surface area contributed by atoms with Crippen LogP contribution in [0.25, 0.3) is 0 Å². The molecule has 4 nitrogen and oxygen atoms in total. The summed E-state index contributed by atoms with van der Waals surface area (Å²) in [6, 6.07) is 8.26. The molecule has 1 aromatic carbocycles. The first-order chi connectivity index (χ1) is 8.76. The summed E-state index contributed by atoms with van der Waals surface area (Å²) in [5.41, 5.74) is 3.31. The molecule has 2 rings (SSSR count). The van der Waals surface area contributed by atoms with E-state index in [-0.39, 0.29) is 5.91 Å². The van der Waals surface area contributed by atoms with Gasteiger partial charge in [0.15, 0.2) is 0 Å². The zero-order valence-corrected chi connectivity index (χ0v) is 10.6. The maximum Gasteiger partial charge on any atom is 0.231 e. The number of rotatable bonds is 5. The highest BCUT2D eigenvalue weighted by Gasteiger charge is 2.26. The average molecular weight is 243 g/mol. The zero-order chi connectivity index (χ0) is 13.0. The lowest BCUT2D eigenvalue weighted by Crippen LogP contribution is -2.27. The van der Waals surface area contributed by atoms with Crippen molar-refractivity contribution in [3.8, 4) is 6.07 Å². The van der Waals surface area contributed by atoms with E-state index in [4.69, 9.17) is 5.26 Å². The highest BCUT2D eigenvalue weighted by atomic mass is 16.2. The summed E-state index contributed by atoms with van der Waals surface area (Å²) < 4.78 is 0. The molecule has 1 aromatic rings. The predicted octanol–water partition coefficient (Wildman–Crippen LogP) is 1.60. The summed E-state index contributed by atoms with van der Waals surface area (Å²) in [5, 5.41) is 11.6. The third-order valence-electron chi connectivity index (χ3n) is 3.13. The average Bonchev–Trinajstić information content (AvgIpc) is 2.66. The largest absolute Gasteiger partial charge is 0.316 e. The topological polar surface area (TPSA) is 56.1 Å². The van der Waals surface area contributed by atoms with Crippen LogP contribution in [0.4, 0.5) is 5.69 Å². The molecule has 0 unspecified atom stereocenters. The monoisotopic (exact) mass is 243 g/mol. The second kappa shape index (κ2) is 5.65. The molecule has 0 aliphatic carbocycles. The molecule has 94 valence electrons. The second-order valence-electron chi connectivity index (χ2n) is 4.48. The van der Waals surface area contributed by atoms with Gasteiger partial charge in [-0.25, -0.2) is 0 Å². The van der Waals surface area contributed by atoms with Gasteiger partial charge in [0.1, 0.15) is 0 Å². The van der Waals surface area contributed by atoms with Crippen LogP contribution in [0.1, 0.15) is 24.0 Å². The Hall–Kier alpha value is -1.86. The van der Waals surface area contributed by atoms with Gasteiger partial charge in [-0.2, -0.15) is 5.26 Å². The molecule has 1 heterocycles. The Morgan fingerprint density at radius 3 is 3.06 bits per heavy atom. The van der Waals surface area contributed by atoms with E-state index < -0.39 is 0 Å². The Balaban J connectivity index is 2.14. The van der Waals surface area contributed by atoms with Crippen molar-refractivity contribution < 1.29 is 4.79 Å². The van der Waals surface area contributed by atoms with Gasteiger partial charge in [0.25, 0.3) is 0 Å². The number of benzene rings is 1. The van der Waals surface area contributed by atoms with Gasteiger partial charge in [-0.15, -0.1) is 0 Å². The van der Waals surface area contributed by atoms with E-state index in [1.807, 2.05) is 19.2 Å². The smallest absolute Gasteiger partial charge is 0.231 e. The Labute approximate surface area is 107 Å². The highest BCUT2D eigenvalue weighted by Crippen LogP contribution is 2.29. The standard InChI is InChI=1S/C14H17N3O/c1-16-10-11-4-5-13-12(8-11)9-14(18)17(13)7-3-2-6-15/h4-5,8,16H,2-3,7,9-10H2,1H3. The maximum atomic E-state index is 11.9. The Bertz CT molecular complexity index is 490. The number of carbonyl (C=O) groups excluding carboxylic acids is 1. The van der Waals surface area contributed by atoms with Crippen LogP contribution in [-0.4, -0.2) is 19.5 Å². The van der Waals surface area contributed by atoms with E-state index in [1.54, 1.807) is 4.90 Å². The summed E-state index contributed by atoms with van der Waals surface area (Å²) in [4.78, 5) is 13.7. The van der Waals surface area contributed by atoms with Gasteiger partial charge in [-0.1, -0.05) is 12.1 Å². The molecule has 18 heavy (non-hydrogen) atoms. The van der Waals surface area contributed by atoms with Gasteiger partial charge in [-0.3, -0.25) is 4.79 Å². The summed E-state index contributed by atoms with van der Waals surface area (Å²) in [6.07, 6.45) is 1.72. The minimum Gasteiger partial charge on any atom is -0.316 e. The molecule has 0 atom stereocenters. The molecule has 0 bridgehead atoms. The van der Waals surface area contributed by atoms with Crippen LogP contribution in [0.5, 0.6) is 0 Å². The van der Waals surface area contributed by atoms with Crippen molar-refractivity contribution in [1.29, 1.82) is 5.26 Å². The lowest BCUT2D eigenvalue weighted by molar-refractivity contribution is -0.117. The molecular weight excluding hydrogens is 226 g/mol. The molecule has 0 radical (unpaired) electrons. The molecule has 4 heteroatoms. The minimum absolute atomic E-state index is 0.143. The molecule has 0 spiro atoms. The summed E-state index contributed by atoms with van der Waals surface area (Å²) >= 11 is 0. The fraction of sp³-hybridized carbons (Fsp3) is 0.429. The number of hydrogen-bond donors (Lipinski definition) is 1. The normalized spacial score (nSPS) is 13.6. The van der Waals surface area contributed by atoms with Crippen molar-refractivity contribution in [3.63, 3.8) is 0 Å². The van der Waals surface area contributed by atoms with Crippen LogP contribution in [0.15, 0.2) is 18.2 Å². The number of anilines is 1. The maximum absolute atomic E-state index is 11.9. The third-order valence-corrected chi connectivity index (χ3v) is 3.13. The number of nitriles is 1. The first-order valence-electron chi connectivity index (χ1n) is 6.20. The minimum atomic E-state index is 0.143. The van der Waals surface area contributed by atoms with E-state index in [2.05, 4.69) is 17.5 Å². The van der Waals surface area contributed by atoms with Crippen LogP contribution in [0, 0.1) is 11.3 Å². The van der Waals surface area contributed by atoms with Gasteiger partial charge < -0.3 is 10.2 Å². The van der Waals surface area contributed by atoms with Gasteiger partial charge in [0.05, 0.1) is 12.5 Å². The van der Waals surface area contributed by atoms with E-state index >= 15 is 0 Å². The highest BCUT2D eigenvalue weighted by molar-refractivity contribution is 6.01. The number of unbranched alkanes of at least 4 members (excludes halogenated alkanes) is 1. The van der Waals surface area contributed by atoms with Crippen LogP contribution in [0.3, 0.4) is 0 Å². The molecule has 1 N–H and O–H groups in total. The van der Waals surface area contributed by atoms with Crippen molar-refractivity contribution in [2.45, 2.75) is 25.8 Å². The van der Waals surface area contributed by atoms with E-state index in [0.29, 0.717) is 19.4 Å². The number of hydrogen-bond acceptors (Lipinski definition) is 3. The summed E-state index contributed by atoms with van der Waals surface area (Å²) in [7, 11) is 1.91. The van der Waals surface area contributed by atoms with Crippen LogP contribution >= 0.6 is 0 Å². The second-order valence-corrected chi connectivity index (χ2v) is 4.48. The van der Waals surface area contributed by atoms with Crippen LogP contribution in [-0.2, 0) is 17.8 Å². The zero-order valence-electron chi connectivity index (χ0n) is 10.6. The number of nitrogens with one attached hydrogen (secondary N) is 1. The quantitative estimate of drug-likeness (QED) is 0.799. The fourth-order valence-corrected chi connectivity index (χ4v) is 2.31. The number of amides is 1. The van der Waals surface area contributed by atoms with Gasteiger partial charge in [0.2, 0.25) is 5.91 Å². The molecule has 1 aliphatic rings. The molecule has 0 fully saturated rings. The molecule has 1 amide bonds. The Morgan fingerprint density at radius 1 is 1.50 bits per heavy atom. The van der Waals surface area contributed by atoms with E-state index in [0.717, 1.165) is 24.2 Å². The molecule has 0 aromatic heterocycles. The Morgan fingerprint density at radius 2 is 2.33 bits per heavy atom.